The van der Waals surface area contributed by atoms with Crippen molar-refractivity contribution >= 4 is 5.96 Å². The molecule has 1 atom stereocenters. The van der Waals surface area contributed by atoms with Gasteiger partial charge in [0.1, 0.15) is 5.82 Å². The first-order chi connectivity index (χ1) is 6.65. The van der Waals surface area contributed by atoms with E-state index in [0.717, 1.165) is 0 Å². The molecule has 0 aliphatic heterocycles. The summed E-state index contributed by atoms with van der Waals surface area (Å²) >= 11 is 0. The average molecular weight is 195 g/mol. The van der Waals surface area contributed by atoms with E-state index in [0.29, 0.717) is 11.5 Å². The smallest absolute Gasteiger partial charge is 0.188 e. The predicted octanol–water partition coefficient (Wildman–Crippen LogP) is 1.42. The number of nitrogens with two attached hydrogens (primary N) is 1. The van der Waals surface area contributed by atoms with Crippen molar-refractivity contribution in [2.24, 2.45) is 10.7 Å². The molecule has 0 saturated heterocycles. The third-order valence-corrected chi connectivity index (χ3v) is 1.98. The van der Waals surface area contributed by atoms with Gasteiger partial charge in [0.05, 0.1) is 6.04 Å². The van der Waals surface area contributed by atoms with Gasteiger partial charge in [-0.2, -0.15) is 0 Å². The Morgan fingerprint density at radius 2 is 2.14 bits per heavy atom. The highest BCUT2D eigenvalue weighted by atomic mass is 19.1. The predicted molar refractivity (Wildman–Crippen MR) is 55.5 cm³/mol. The summed E-state index contributed by atoms with van der Waals surface area (Å²) in [5.41, 5.74) is 6.06. The Kier molecular flexibility index (Phi) is 3.45. The number of benzene rings is 1. The van der Waals surface area contributed by atoms with Crippen molar-refractivity contribution < 1.29 is 4.39 Å². The largest absolute Gasteiger partial charge is 0.370 e. The van der Waals surface area contributed by atoms with Crippen LogP contribution in [0.5, 0.6) is 0 Å². The minimum atomic E-state index is -0.239. The summed E-state index contributed by atoms with van der Waals surface area (Å²) in [5.74, 6) is 0.0668. The number of nitrogens with zero attached hydrogens (tertiary/aromatic N) is 1. The fourth-order valence-corrected chi connectivity index (χ4v) is 1.19. The van der Waals surface area contributed by atoms with Gasteiger partial charge in [-0.1, -0.05) is 18.2 Å². The van der Waals surface area contributed by atoms with Crippen LogP contribution in [0, 0.1) is 5.82 Å². The Morgan fingerprint density at radius 3 is 2.71 bits per heavy atom. The third kappa shape index (κ3) is 2.45. The van der Waals surface area contributed by atoms with Crippen molar-refractivity contribution in [1.29, 1.82) is 0 Å². The molecule has 0 spiro atoms. The van der Waals surface area contributed by atoms with Gasteiger partial charge in [-0.25, -0.2) is 4.39 Å². The standard InChI is InChI=1S/C10H14FN3/c1-7(14-10(12)13-2)8-5-3-4-6-9(8)11/h3-7H,1-2H3,(H3,12,13,14). The monoisotopic (exact) mass is 195 g/mol. The van der Waals surface area contributed by atoms with Gasteiger partial charge in [0.15, 0.2) is 5.96 Å². The number of nitrogens with one attached hydrogen (secondary N) is 1. The summed E-state index contributed by atoms with van der Waals surface area (Å²) in [4.78, 5) is 3.74. The lowest BCUT2D eigenvalue weighted by Crippen LogP contribution is -2.33. The molecule has 0 radical (unpaired) electrons. The van der Waals surface area contributed by atoms with Crippen LogP contribution >= 0.6 is 0 Å². The maximum atomic E-state index is 13.3. The fourth-order valence-electron chi connectivity index (χ4n) is 1.19. The van der Waals surface area contributed by atoms with Gasteiger partial charge in [0.2, 0.25) is 0 Å². The SMILES string of the molecule is CN=C(N)NC(C)c1ccccc1F. The van der Waals surface area contributed by atoms with Crippen LogP contribution in [0.15, 0.2) is 29.3 Å². The molecule has 3 nitrogen and oxygen atoms in total. The van der Waals surface area contributed by atoms with Crippen molar-refractivity contribution in [2.75, 3.05) is 7.05 Å². The number of hydrogen-bond acceptors (Lipinski definition) is 1. The van der Waals surface area contributed by atoms with E-state index >= 15 is 0 Å². The molecule has 0 aliphatic carbocycles. The third-order valence-electron chi connectivity index (χ3n) is 1.98. The number of aliphatic imine (C=N–C) groups is 1. The second-order valence-electron chi connectivity index (χ2n) is 3.00. The Bertz CT molecular complexity index is 336. The van der Waals surface area contributed by atoms with Crippen molar-refractivity contribution in [3.63, 3.8) is 0 Å². The normalized spacial score (nSPS) is 13.8. The zero-order chi connectivity index (χ0) is 10.6. The molecule has 1 rings (SSSR count). The molecule has 0 amide bonds. The molecule has 1 unspecified atom stereocenters. The lowest BCUT2D eigenvalue weighted by molar-refractivity contribution is 0.578. The fraction of sp³-hybridized carbons (Fsp3) is 0.300. The van der Waals surface area contributed by atoms with Crippen LogP contribution in [0.2, 0.25) is 0 Å². The van der Waals surface area contributed by atoms with Crippen molar-refractivity contribution in [1.82, 2.24) is 5.32 Å². The minimum Gasteiger partial charge on any atom is -0.370 e. The van der Waals surface area contributed by atoms with Gasteiger partial charge >= 0.3 is 0 Å². The number of guanidine groups is 1. The van der Waals surface area contributed by atoms with Crippen molar-refractivity contribution in [2.45, 2.75) is 13.0 Å². The molecule has 0 fully saturated rings. The first kappa shape index (κ1) is 10.5. The maximum Gasteiger partial charge on any atom is 0.188 e. The van der Waals surface area contributed by atoms with E-state index in [4.69, 9.17) is 5.73 Å². The Morgan fingerprint density at radius 1 is 1.50 bits per heavy atom. The molecule has 0 bridgehead atoms. The van der Waals surface area contributed by atoms with E-state index in [1.807, 2.05) is 6.92 Å². The second-order valence-corrected chi connectivity index (χ2v) is 3.00. The Balaban J connectivity index is 2.79. The van der Waals surface area contributed by atoms with Gasteiger partial charge in [-0.05, 0) is 13.0 Å². The van der Waals surface area contributed by atoms with Crippen LogP contribution < -0.4 is 11.1 Å². The summed E-state index contributed by atoms with van der Waals surface area (Å²) in [6.45, 7) is 1.83. The highest BCUT2D eigenvalue weighted by Gasteiger charge is 2.09. The zero-order valence-electron chi connectivity index (χ0n) is 8.29. The quantitative estimate of drug-likeness (QED) is 0.554. The summed E-state index contributed by atoms with van der Waals surface area (Å²) in [7, 11) is 1.58. The summed E-state index contributed by atoms with van der Waals surface area (Å²) in [5, 5.41) is 2.87. The molecule has 3 N–H and O–H groups in total. The van der Waals surface area contributed by atoms with Crippen LogP contribution in [0.3, 0.4) is 0 Å². The lowest BCUT2D eigenvalue weighted by atomic mass is 10.1. The highest BCUT2D eigenvalue weighted by Crippen LogP contribution is 2.15. The van der Waals surface area contributed by atoms with Crippen LogP contribution in [0.1, 0.15) is 18.5 Å². The van der Waals surface area contributed by atoms with Crippen LogP contribution in [-0.2, 0) is 0 Å². The van der Waals surface area contributed by atoms with Crippen LogP contribution in [0.25, 0.3) is 0 Å². The molecule has 0 aromatic heterocycles. The molecule has 14 heavy (non-hydrogen) atoms. The summed E-state index contributed by atoms with van der Waals surface area (Å²) in [6, 6.07) is 6.40. The molecular weight excluding hydrogens is 181 g/mol. The van der Waals surface area contributed by atoms with E-state index in [1.54, 1.807) is 25.2 Å². The second kappa shape index (κ2) is 4.60. The number of hydrogen-bond donors (Lipinski definition) is 2. The molecule has 1 aromatic rings. The molecule has 4 heteroatoms. The summed E-state index contributed by atoms with van der Waals surface area (Å²) in [6.07, 6.45) is 0. The number of rotatable bonds is 2. The van der Waals surface area contributed by atoms with Gasteiger partial charge < -0.3 is 11.1 Å². The molecule has 1 aromatic carbocycles. The zero-order valence-corrected chi connectivity index (χ0v) is 8.29. The van der Waals surface area contributed by atoms with Gasteiger partial charge in [0, 0.05) is 12.6 Å². The average Bonchev–Trinajstić information content (AvgIpc) is 2.18. The molecule has 0 aliphatic rings. The molecule has 0 heterocycles. The van der Waals surface area contributed by atoms with E-state index in [2.05, 4.69) is 10.3 Å². The molecule has 76 valence electrons. The molecule has 0 saturated carbocycles. The number of halogens is 1. The minimum absolute atomic E-state index is 0.181. The van der Waals surface area contributed by atoms with Crippen molar-refractivity contribution in [3.05, 3.63) is 35.6 Å². The van der Waals surface area contributed by atoms with E-state index < -0.39 is 0 Å². The van der Waals surface area contributed by atoms with E-state index in [-0.39, 0.29) is 11.9 Å². The topological polar surface area (TPSA) is 50.4 Å². The first-order valence-corrected chi connectivity index (χ1v) is 4.38. The summed E-state index contributed by atoms with van der Waals surface area (Å²) < 4.78 is 13.3. The van der Waals surface area contributed by atoms with Crippen LogP contribution in [0.4, 0.5) is 4.39 Å². The highest BCUT2D eigenvalue weighted by molar-refractivity contribution is 5.78. The molecular formula is C10H14FN3. The van der Waals surface area contributed by atoms with Gasteiger partial charge in [-0.15, -0.1) is 0 Å². The van der Waals surface area contributed by atoms with Gasteiger partial charge in [-0.3, -0.25) is 4.99 Å². The van der Waals surface area contributed by atoms with E-state index in [9.17, 15) is 4.39 Å². The first-order valence-electron chi connectivity index (χ1n) is 4.38. The maximum absolute atomic E-state index is 13.3. The van der Waals surface area contributed by atoms with Crippen LogP contribution in [-0.4, -0.2) is 13.0 Å². The Labute approximate surface area is 82.8 Å². The van der Waals surface area contributed by atoms with Gasteiger partial charge in [0.25, 0.3) is 0 Å². The van der Waals surface area contributed by atoms with E-state index in [1.165, 1.54) is 6.07 Å². The Hall–Kier alpha value is -1.58. The lowest BCUT2D eigenvalue weighted by Gasteiger charge is -2.14. The van der Waals surface area contributed by atoms with Crippen molar-refractivity contribution in [3.8, 4) is 0 Å².